The van der Waals surface area contributed by atoms with E-state index in [1.807, 2.05) is 0 Å². The second-order valence-corrected chi connectivity index (χ2v) is 6.84. The van der Waals surface area contributed by atoms with Crippen LogP contribution in [0.1, 0.15) is 11.3 Å². The van der Waals surface area contributed by atoms with Gasteiger partial charge in [0.05, 0.1) is 32.1 Å². The maximum atomic E-state index is 12.9. The Labute approximate surface area is 171 Å². The van der Waals surface area contributed by atoms with Crippen molar-refractivity contribution in [3.8, 4) is 5.75 Å². The highest BCUT2D eigenvalue weighted by atomic mass is 19.4. The minimum Gasteiger partial charge on any atom is -0.491 e. The van der Waals surface area contributed by atoms with Gasteiger partial charge in [0.25, 0.3) is 0 Å². The number of pyridine rings is 1. The van der Waals surface area contributed by atoms with Crippen molar-refractivity contribution in [1.82, 2.24) is 9.47 Å². The number of halogens is 3. The summed E-state index contributed by atoms with van der Waals surface area (Å²) in [5.41, 5.74) is -0.520. The Kier molecular flexibility index (Phi) is 6.78. The lowest BCUT2D eigenvalue weighted by Crippen LogP contribution is -2.37. The molecular formula is C20H22F3N3O4. The number of morpholine rings is 1. The zero-order valence-corrected chi connectivity index (χ0v) is 16.4. The first-order valence-electron chi connectivity index (χ1n) is 9.31. The smallest absolute Gasteiger partial charge is 0.416 e. The molecule has 2 aromatic rings. The molecular weight excluding hydrogens is 403 g/mol. The largest absolute Gasteiger partial charge is 0.491 e. The van der Waals surface area contributed by atoms with Crippen LogP contribution in [-0.4, -0.2) is 48.8 Å². The number of nitrogens with one attached hydrogen (secondary N) is 1. The summed E-state index contributed by atoms with van der Waals surface area (Å²) in [6.45, 7) is 2.78. The molecule has 162 valence electrons. The van der Waals surface area contributed by atoms with Crippen LogP contribution >= 0.6 is 0 Å². The minimum atomic E-state index is -4.50. The van der Waals surface area contributed by atoms with Gasteiger partial charge in [-0.15, -0.1) is 0 Å². The van der Waals surface area contributed by atoms with Crippen LogP contribution < -0.4 is 15.5 Å². The Morgan fingerprint density at radius 2 is 1.97 bits per heavy atom. The van der Waals surface area contributed by atoms with Crippen LogP contribution in [0.3, 0.4) is 0 Å². The van der Waals surface area contributed by atoms with E-state index in [4.69, 9.17) is 9.47 Å². The van der Waals surface area contributed by atoms with Gasteiger partial charge in [-0.1, -0.05) is 6.07 Å². The molecule has 30 heavy (non-hydrogen) atoms. The van der Waals surface area contributed by atoms with Crippen LogP contribution in [-0.2, 0) is 28.8 Å². The Morgan fingerprint density at radius 3 is 2.63 bits per heavy atom. The molecule has 1 N–H and O–H groups in total. The number of rotatable bonds is 6. The van der Waals surface area contributed by atoms with Crippen molar-refractivity contribution in [2.45, 2.75) is 19.3 Å². The average molecular weight is 425 g/mol. The van der Waals surface area contributed by atoms with Gasteiger partial charge < -0.3 is 19.4 Å². The third-order valence-electron chi connectivity index (χ3n) is 4.68. The molecule has 0 saturated carbocycles. The van der Waals surface area contributed by atoms with Gasteiger partial charge in [0, 0.05) is 37.1 Å². The van der Waals surface area contributed by atoms with Crippen molar-refractivity contribution in [2.24, 2.45) is 0 Å². The van der Waals surface area contributed by atoms with Crippen LogP contribution in [0.5, 0.6) is 5.75 Å². The molecule has 1 aromatic heterocycles. The van der Waals surface area contributed by atoms with Gasteiger partial charge in [-0.05, 0) is 18.2 Å². The van der Waals surface area contributed by atoms with Crippen LogP contribution in [0, 0.1) is 0 Å². The number of ether oxygens (including phenoxy) is 2. The van der Waals surface area contributed by atoms with Crippen LogP contribution in [0.2, 0.25) is 0 Å². The van der Waals surface area contributed by atoms with Crippen molar-refractivity contribution in [3.63, 3.8) is 0 Å². The highest BCUT2D eigenvalue weighted by Crippen LogP contribution is 2.30. The van der Waals surface area contributed by atoms with E-state index >= 15 is 0 Å². The number of anilines is 1. The number of carbonyl (C=O) groups is 1. The van der Waals surface area contributed by atoms with E-state index in [1.54, 1.807) is 4.57 Å². The molecule has 1 amide bonds. The molecule has 1 aliphatic rings. The summed E-state index contributed by atoms with van der Waals surface area (Å²) in [7, 11) is 1.35. The zero-order valence-electron chi connectivity index (χ0n) is 16.4. The monoisotopic (exact) mass is 425 g/mol. The molecule has 0 aliphatic carbocycles. The Hall–Kier alpha value is -2.85. The Bertz CT molecular complexity index is 953. The molecule has 0 unspecified atom stereocenters. The predicted octanol–water partition coefficient (Wildman–Crippen LogP) is 2.35. The second kappa shape index (κ2) is 9.31. The van der Waals surface area contributed by atoms with E-state index in [1.165, 1.54) is 31.5 Å². The Morgan fingerprint density at radius 1 is 1.23 bits per heavy atom. The average Bonchev–Trinajstić information content (AvgIpc) is 2.70. The lowest BCUT2D eigenvalue weighted by atomic mass is 10.2. The van der Waals surface area contributed by atoms with Crippen molar-refractivity contribution in [2.75, 3.05) is 38.7 Å². The van der Waals surface area contributed by atoms with Crippen molar-refractivity contribution in [1.29, 1.82) is 0 Å². The highest BCUT2D eigenvalue weighted by Gasteiger charge is 2.30. The first kappa shape index (κ1) is 21.8. The molecule has 0 radical (unpaired) electrons. The zero-order chi connectivity index (χ0) is 21.7. The van der Waals surface area contributed by atoms with Gasteiger partial charge in [-0.2, -0.15) is 13.2 Å². The summed E-state index contributed by atoms with van der Waals surface area (Å²) >= 11 is 0. The van der Waals surface area contributed by atoms with Gasteiger partial charge in [0.2, 0.25) is 11.3 Å². The third-order valence-corrected chi connectivity index (χ3v) is 4.68. The maximum absolute atomic E-state index is 12.9. The van der Waals surface area contributed by atoms with Gasteiger partial charge in [0.15, 0.2) is 5.75 Å². The van der Waals surface area contributed by atoms with Crippen molar-refractivity contribution in [3.05, 3.63) is 58.0 Å². The summed E-state index contributed by atoms with van der Waals surface area (Å²) in [4.78, 5) is 26.8. The number of nitrogens with zero attached hydrogens (tertiary/aromatic N) is 2. The van der Waals surface area contributed by atoms with E-state index in [0.717, 1.165) is 12.1 Å². The number of alkyl halides is 3. The highest BCUT2D eigenvalue weighted by molar-refractivity contribution is 5.90. The summed E-state index contributed by atoms with van der Waals surface area (Å²) in [5, 5.41) is 2.47. The van der Waals surface area contributed by atoms with Crippen LogP contribution in [0.25, 0.3) is 0 Å². The second-order valence-electron chi connectivity index (χ2n) is 6.84. The van der Waals surface area contributed by atoms with E-state index < -0.39 is 17.6 Å². The normalized spacial score (nSPS) is 15.1. The molecule has 7 nitrogen and oxygen atoms in total. The standard InChI is InChI=1S/C20H22F3N3O4/c1-29-18-12-26(16(10-17(18)27)11-25-5-7-30-8-6-25)13-19(28)24-15-4-2-3-14(9-15)20(21,22)23/h2-4,9-10,12H,5-8,11,13H2,1H3,(H,24,28). The fourth-order valence-corrected chi connectivity index (χ4v) is 3.15. The molecule has 0 spiro atoms. The molecule has 2 heterocycles. The number of carbonyl (C=O) groups excluding carboxylic acids is 1. The molecule has 1 aromatic carbocycles. The van der Waals surface area contributed by atoms with Crippen molar-refractivity contribution >= 4 is 11.6 Å². The summed E-state index contributed by atoms with van der Waals surface area (Å²) in [5.74, 6) is -0.448. The summed E-state index contributed by atoms with van der Waals surface area (Å²) in [6.07, 6.45) is -3.07. The first-order chi connectivity index (χ1) is 14.3. The molecule has 0 atom stereocenters. The summed E-state index contributed by atoms with van der Waals surface area (Å²) < 4.78 is 50.6. The number of hydrogen-bond acceptors (Lipinski definition) is 5. The third kappa shape index (κ3) is 5.61. The first-order valence-corrected chi connectivity index (χ1v) is 9.31. The lowest BCUT2D eigenvalue weighted by Gasteiger charge is -2.27. The van der Waals surface area contributed by atoms with Crippen molar-refractivity contribution < 1.29 is 27.4 Å². The molecule has 0 bridgehead atoms. The SMILES string of the molecule is COc1cn(CC(=O)Nc2cccc(C(F)(F)F)c2)c(CN2CCOCC2)cc1=O. The molecule has 1 aliphatic heterocycles. The van der Waals surface area contributed by atoms with Gasteiger partial charge in [-0.3, -0.25) is 14.5 Å². The van der Waals surface area contributed by atoms with Crippen LogP contribution in [0.4, 0.5) is 18.9 Å². The van der Waals surface area contributed by atoms with Gasteiger partial charge in [0.1, 0.15) is 6.54 Å². The van der Waals surface area contributed by atoms with Gasteiger partial charge in [-0.25, -0.2) is 0 Å². The maximum Gasteiger partial charge on any atom is 0.416 e. The fourth-order valence-electron chi connectivity index (χ4n) is 3.15. The molecule has 10 heteroatoms. The molecule has 1 saturated heterocycles. The fraction of sp³-hybridized carbons (Fsp3) is 0.400. The quantitative estimate of drug-likeness (QED) is 0.769. The number of amides is 1. The summed E-state index contributed by atoms with van der Waals surface area (Å²) in [6, 6.07) is 5.82. The van der Waals surface area contributed by atoms with Gasteiger partial charge >= 0.3 is 6.18 Å². The van der Waals surface area contributed by atoms with E-state index in [-0.39, 0.29) is 23.4 Å². The molecule has 1 fully saturated rings. The van der Waals surface area contributed by atoms with E-state index in [9.17, 15) is 22.8 Å². The number of hydrogen-bond donors (Lipinski definition) is 1. The number of aromatic nitrogens is 1. The molecule has 3 rings (SSSR count). The number of methoxy groups -OCH3 is 1. The van der Waals surface area contributed by atoms with E-state index in [0.29, 0.717) is 38.5 Å². The Balaban J connectivity index is 1.78. The minimum absolute atomic E-state index is 0.0394. The topological polar surface area (TPSA) is 72.8 Å². The van der Waals surface area contributed by atoms with Crippen LogP contribution in [0.15, 0.2) is 41.3 Å². The number of benzene rings is 1. The predicted molar refractivity (Wildman–Crippen MR) is 103 cm³/mol. The van der Waals surface area contributed by atoms with E-state index in [2.05, 4.69) is 10.2 Å². The lowest BCUT2D eigenvalue weighted by molar-refractivity contribution is -0.137.